The second-order valence-electron chi connectivity index (χ2n) is 3.01. The lowest BCUT2D eigenvalue weighted by Crippen LogP contribution is -1.99. The molecule has 82 valence electrons. The van der Waals surface area contributed by atoms with Gasteiger partial charge in [0, 0.05) is 10.4 Å². The summed E-state index contributed by atoms with van der Waals surface area (Å²) in [4.78, 5) is 11.0. The van der Waals surface area contributed by atoms with Crippen LogP contribution in [-0.2, 0) is 0 Å². The third-order valence-electron chi connectivity index (χ3n) is 1.89. The van der Waals surface area contributed by atoms with E-state index < -0.39 is 5.97 Å². The topological polar surface area (TPSA) is 46.5 Å². The average Bonchev–Trinajstić information content (AvgIpc) is 2.73. The van der Waals surface area contributed by atoms with Crippen LogP contribution in [0.15, 0.2) is 35.0 Å². The van der Waals surface area contributed by atoms with Crippen molar-refractivity contribution in [1.82, 2.24) is 0 Å². The molecule has 0 saturated heterocycles. The van der Waals surface area contributed by atoms with E-state index in [1.807, 2.05) is 5.38 Å². The summed E-state index contributed by atoms with van der Waals surface area (Å²) in [5, 5.41) is 13.0. The highest BCUT2D eigenvalue weighted by Gasteiger charge is 2.12. The molecule has 3 nitrogen and oxygen atoms in total. The minimum atomic E-state index is -1.06. The number of hydrogen-bond acceptors (Lipinski definition) is 3. The summed E-state index contributed by atoms with van der Waals surface area (Å²) >= 11 is 7.20. The highest BCUT2D eigenvalue weighted by Crippen LogP contribution is 2.29. The molecule has 0 amide bonds. The molecule has 0 fully saturated rings. The van der Waals surface area contributed by atoms with Gasteiger partial charge in [0.05, 0.1) is 0 Å². The van der Waals surface area contributed by atoms with Crippen molar-refractivity contribution in [3.05, 3.63) is 45.6 Å². The molecule has 1 heterocycles. The van der Waals surface area contributed by atoms with Crippen LogP contribution in [0.2, 0.25) is 5.02 Å². The Balaban J connectivity index is 2.36. The van der Waals surface area contributed by atoms with Crippen LogP contribution >= 0.6 is 22.9 Å². The van der Waals surface area contributed by atoms with Crippen molar-refractivity contribution in [2.75, 3.05) is 0 Å². The predicted octanol–water partition coefficient (Wildman–Crippen LogP) is 3.89. The Bertz CT molecular complexity index is 508. The summed E-state index contributed by atoms with van der Waals surface area (Å²) in [5.74, 6) is -0.155. The van der Waals surface area contributed by atoms with E-state index >= 15 is 0 Å². The molecule has 0 radical (unpaired) electrons. The molecule has 2 rings (SSSR count). The van der Waals surface area contributed by atoms with Crippen LogP contribution in [0.4, 0.5) is 0 Å². The van der Waals surface area contributed by atoms with E-state index in [4.69, 9.17) is 21.4 Å². The van der Waals surface area contributed by atoms with E-state index in [-0.39, 0.29) is 11.3 Å². The molecule has 0 aliphatic rings. The zero-order valence-electron chi connectivity index (χ0n) is 8.01. The quantitative estimate of drug-likeness (QED) is 0.904. The first-order chi connectivity index (χ1) is 7.66. The van der Waals surface area contributed by atoms with E-state index in [1.54, 1.807) is 23.6 Å². The molecule has 1 N–H and O–H groups in total. The first kappa shape index (κ1) is 11.0. The summed E-state index contributed by atoms with van der Waals surface area (Å²) in [7, 11) is 0. The summed E-state index contributed by atoms with van der Waals surface area (Å²) in [6.07, 6.45) is 0. The predicted molar refractivity (Wildman–Crippen MR) is 62.8 cm³/mol. The number of aromatic carboxylic acids is 1. The fourth-order valence-corrected chi connectivity index (χ4v) is 1.92. The van der Waals surface area contributed by atoms with Crippen molar-refractivity contribution < 1.29 is 14.6 Å². The van der Waals surface area contributed by atoms with Gasteiger partial charge in [-0.15, -0.1) is 11.3 Å². The third kappa shape index (κ3) is 2.35. The molecule has 1 aromatic heterocycles. The third-order valence-corrected chi connectivity index (χ3v) is 2.79. The SMILES string of the molecule is O=C(O)c1cc(Cl)ccc1Oc1ccsc1. The molecule has 0 spiro atoms. The summed E-state index contributed by atoms with van der Waals surface area (Å²) in [6.45, 7) is 0. The van der Waals surface area contributed by atoms with E-state index in [0.29, 0.717) is 10.8 Å². The molecule has 0 unspecified atom stereocenters. The van der Waals surface area contributed by atoms with Crippen LogP contribution < -0.4 is 4.74 Å². The number of carbonyl (C=O) groups is 1. The first-order valence-corrected chi connectivity index (χ1v) is 5.72. The van der Waals surface area contributed by atoms with Crippen molar-refractivity contribution in [2.24, 2.45) is 0 Å². The van der Waals surface area contributed by atoms with Gasteiger partial charge in [0.25, 0.3) is 0 Å². The Morgan fingerprint density at radius 1 is 1.38 bits per heavy atom. The van der Waals surface area contributed by atoms with Crippen molar-refractivity contribution in [1.29, 1.82) is 0 Å². The van der Waals surface area contributed by atoms with Crippen molar-refractivity contribution >= 4 is 28.9 Å². The van der Waals surface area contributed by atoms with Gasteiger partial charge in [0.1, 0.15) is 17.1 Å². The van der Waals surface area contributed by atoms with Gasteiger partial charge in [0.2, 0.25) is 0 Å². The Morgan fingerprint density at radius 2 is 2.19 bits per heavy atom. The highest BCUT2D eigenvalue weighted by molar-refractivity contribution is 7.08. The van der Waals surface area contributed by atoms with Gasteiger partial charge in [-0.1, -0.05) is 11.6 Å². The maximum atomic E-state index is 11.0. The van der Waals surface area contributed by atoms with Gasteiger partial charge in [-0.3, -0.25) is 0 Å². The molecule has 0 aliphatic heterocycles. The van der Waals surface area contributed by atoms with Crippen molar-refractivity contribution in [3.63, 3.8) is 0 Å². The van der Waals surface area contributed by atoms with Crippen LogP contribution in [0.3, 0.4) is 0 Å². The van der Waals surface area contributed by atoms with Crippen LogP contribution in [-0.4, -0.2) is 11.1 Å². The summed E-state index contributed by atoms with van der Waals surface area (Å²) < 4.78 is 5.44. The number of thiophene rings is 1. The second-order valence-corrected chi connectivity index (χ2v) is 4.22. The van der Waals surface area contributed by atoms with Crippen LogP contribution in [0.1, 0.15) is 10.4 Å². The second kappa shape index (κ2) is 4.55. The lowest BCUT2D eigenvalue weighted by atomic mass is 10.2. The molecule has 2 aromatic rings. The summed E-state index contributed by atoms with van der Waals surface area (Å²) in [6, 6.07) is 6.27. The van der Waals surface area contributed by atoms with Crippen LogP contribution in [0.25, 0.3) is 0 Å². The Hall–Kier alpha value is -1.52. The first-order valence-electron chi connectivity index (χ1n) is 4.40. The number of hydrogen-bond donors (Lipinski definition) is 1. The maximum Gasteiger partial charge on any atom is 0.339 e. The molecule has 0 aliphatic carbocycles. The Kier molecular flexibility index (Phi) is 3.12. The molecule has 0 bridgehead atoms. The van der Waals surface area contributed by atoms with E-state index in [1.165, 1.54) is 17.4 Å². The van der Waals surface area contributed by atoms with E-state index in [9.17, 15) is 4.79 Å². The lowest BCUT2D eigenvalue weighted by molar-refractivity contribution is 0.0694. The fourth-order valence-electron chi connectivity index (χ4n) is 1.20. The van der Waals surface area contributed by atoms with E-state index in [0.717, 1.165) is 0 Å². The van der Waals surface area contributed by atoms with Crippen LogP contribution in [0, 0.1) is 0 Å². The van der Waals surface area contributed by atoms with Gasteiger partial charge in [-0.25, -0.2) is 4.79 Å². The smallest absolute Gasteiger partial charge is 0.339 e. The van der Waals surface area contributed by atoms with E-state index in [2.05, 4.69) is 0 Å². The molecule has 1 aromatic carbocycles. The van der Waals surface area contributed by atoms with Crippen molar-refractivity contribution in [2.45, 2.75) is 0 Å². The number of benzene rings is 1. The number of rotatable bonds is 3. The Morgan fingerprint density at radius 3 is 2.81 bits per heavy atom. The molecule has 0 saturated carbocycles. The molecule has 0 atom stereocenters. The zero-order valence-corrected chi connectivity index (χ0v) is 9.59. The maximum absolute atomic E-state index is 11.0. The normalized spacial score (nSPS) is 10.1. The Labute approximate surface area is 101 Å². The standard InChI is InChI=1S/C11H7ClO3S/c12-7-1-2-10(9(5-7)11(13)14)15-8-3-4-16-6-8/h1-6H,(H,13,14). The molecule has 5 heteroatoms. The zero-order chi connectivity index (χ0) is 11.5. The largest absolute Gasteiger partial charge is 0.478 e. The monoisotopic (exact) mass is 254 g/mol. The minimum absolute atomic E-state index is 0.0544. The summed E-state index contributed by atoms with van der Waals surface area (Å²) in [5.41, 5.74) is 0.0544. The van der Waals surface area contributed by atoms with Gasteiger partial charge in [-0.05, 0) is 29.6 Å². The molecule has 16 heavy (non-hydrogen) atoms. The number of halogens is 1. The fraction of sp³-hybridized carbons (Fsp3) is 0. The van der Waals surface area contributed by atoms with Gasteiger partial charge >= 0.3 is 5.97 Å². The van der Waals surface area contributed by atoms with Crippen LogP contribution in [0.5, 0.6) is 11.5 Å². The van der Waals surface area contributed by atoms with Crippen molar-refractivity contribution in [3.8, 4) is 11.5 Å². The number of carboxylic acid groups (broad SMARTS) is 1. The molecular weight excluding hydrogens is 248 g/mol. The highest BCUT2D eigenvalue weighted by atomic mass is 35.5. The van der Waals surface area contributed by atoms with Gasteiger partial charge < -0.3 is 9.84 Å². The number of ether oxygens (including phenoxy) is 1. The molecular formula is C11H7ClO3S. The number of carboxylic acids is 1. The van der Waals surface area contributed by atoms with Gasteiger partial charge in [0.15, 0.2) is 0 Å². The average molecular weight is 255 g/mol. The minimum Gasteiger partial charge on any atom is -0.478 e. The lowest BCUT2D eigenvalue weighted by Gasteiger charge is -2.06. The van der Waals surface area contributed by atoms with Gasteiger partial charge in [-0.2, -0.15) is 0 Å².